The van der Waals surface area contributed by atoms with Crippen molar-refractivity contribution >= 4 is 23.4 Å². The van der Waals surface area contributed by atoms with Crippen LogP contribution in [0.2, 0.25) is 0 Å². The van der Waals surface area contributed by atoms with Gasteiger partial charge in [-0.15, -0.1) is 10.2 Å². The Morgan fingerprint density at radius 3 is 2.23 bits per heavy atom. The Balaban J connectivity index is 1.44. The summed E-state index contributed by atoms with van der Waals surface area (Å²) in [7, 11) is 0. The molecule has 0 spiro atoms. The molecule has 3 aromatic rings. The Hall–Kier alpha value is -4.08. The number of anilines is 1. The molecule has 3 rings (SSSR count). The fourth-order valence-corrected chi connectivity index (χ4v) is 2.69. The molecule has 160 valence electrons. The van der Waals surface area contributed by atoms with Crippen molar-refractivity contribution in [2.45, 2.75) is 20.3 Å². The van der Waals surface area contributed by atoms with E-state index in [2.05, 4.69) is 31.1 Å². The van der Waals surface area contributed by atoms with E-state index in [9.17, 15) is 14.4 Å². The molecule has 0 saturated heterocycles. The highest BCUT2D eigenvalue weighted by Crippen LogP contribution is 2.10. The maximum atomic E-state index is 12.2. The standard InChI is InChI=1S/C21H23N7O3/c1-3-19(29)25-16-6-4-15(5-7-16)20(30)23-10-11-24-21(31)17-8-9-18(27-26-17)28-13-12-22-14(28)2/h4-9,12-13H,3,10-11H2,1-2H3,(H,23,30)(H,24,31)(H,25,29). The third-order valence-electron chi connectivity index (χ3n) is 4.40. The van der Waals surface area contributed by atoms with Crippen molar-refractivity contribution in [3.63, 3.8) is 0 Å². The van der Waals surface area contributed by atoms with Gasteiger partial charge in [0.2, 0.25) is 5.91 Å². The molecule has 3 N–H and O–H groups in total. The molecule has 0 aliphatic carbocycles. The first-order valence-electron chi connectivity index (χ1n) is 9.78. The molecular weight excluding hydrogens is 398 g/mol. The molecule has 0 aliphatic rings. The van der Waals surface area contributed by atoms with Crippen LogP contribution < -0.4 is 16.0 Å². The normalized spacial score (nSPS) is 10.4. The maximum Gasteiger partial charge on any atom is 0.271 e. The molecular formula is C21H23N7O3. The molecule has 2 aromatic heterocycles. The smallest absolute Gasteiger partial charge is 0.271 e. The molecule has 3 amide bonds. The van der Waals surface area contributed by atoms with Crippen LogP contribution in [0, 0.1) is 6.92 Å². The van der Waals surface area contributed by atoms with E-state index in [4.69, 9.17) is 0 Å². The monoisotopic (exact) mass is 421 g/mol. The Kier molecular flexibility index (Phi) is 7.05. The summed E-state index contributed by atoms with van der Waals surface area (Å²) in [5, 5.41) is 16.1. The number of carbonyl (C=O) groups is 3. The van der Waals surface area contributed by atoms with Gasteiger partial charge in [0, 0.05) is 43.2 Å². The van der Waals surface area contributed by atoms with E-state index in [1.165, 1.54) is 0 Å². The summed E-state index contributed by atoms with van der Waals surface area (Å²) >= 11 is 0. The number of aryl methyl sites for hydroxylation is 1. The minimum Gasteiger partial charge on any atom is -0.350 e. The second-order valence-corrected chi connectivity index (χ2v) is 6.61. The number of amides is 3. The lowest BCUT2D eigenvalue weighted by atomic mass is 10.2. The van der Waals surface area contributed by atoms with Crippen molar-refractivity contribution in [2.75, 3.05) is 18.4 Å². The van der Waals surface area contributed by atoms with Crippen molar-refractivity contribution in [1.82, 2.24) is 30.4 Å². The minimum atomic E-state index is -0.383. The number of hydrogen-bond donors (Lipinski definition) is 3. The number of nitrogens with zero attached hydrogens (tertiary/aromatic N) is 4. The topological polar surface area (TPSA) is 131 Å². The van der Waals surface area contributed by atoms with Crippen LogP contribution in [0.1, 0.15) is 40.0 Å². The number of carbonyl (C=O) groups excluding carboxylic acids is 3. The van der Waals surface area contributed by atoms with Gasteiger partial charge >= 0.3 is 0 Å². The highest BCUT2D eigenvalue weighted by atomic mass is 16.2. The molecule has 0 atom stereocenters. The van der Waals surface area contributed by atoms with Crippen LogP contribution in [-0.4, -0.2) is 50.6 Å². The fourth-order valence-electron chi connectivity index (χ4n) is 2.69. The largest absolute Gasteiger partial charge is 0.350 e. The Labute approximate surface area is 179 Å². The summed E-state index contributed by atoms with van der Waals surface area (Å²) in [5.41, 5.74) is 1.26. The van der Waals surface area contributed by atoms with E-state index in [-0.39, 0.29) is 36.5 Å². The van der Waals surface area contributed by atoms with E-state index < -0.39 is 0 Å². The van der Waals surface area contributed by atoms with Crippen molar-refractivity contribution in [1.29, 1.82) is 0 Å². The maximum absolute atomic E-state index is 12.2. The van der Waals surface area contributed by atoms with Gasteiger partial charge in [0.15, 0.2) is 11.5 Å². The van der Waals surface area contributed by atoms with Crippen molar-refractivity contribution in [2.24, 2.45) is 0 Å². The van der Waals surface area contributed by atoms with Crippen LogP contribution in [0.25, 0.3) is 5.82 Å². The molecule has 2 heterocycles. The second-order valence-electron chi connectivity index (χ2n) is 6.61. The summed E-state index contributed by atoms with van der Waals surface area (Å²) < 4.78 is 1.76. The summed E-state index contributed by atoms with van der Waals surface area (Å²) in [6.07, 6.45) is 3.80. The van der Waals surface area contributed by atoms with Gasteiger partial charge in [-0.2, -0.15) is 0 Å². The number of aromatic nitrogens is 4. The molecule has 0 fully saturated rings. The van der Waals surface area contributed by atoms with Gasteiger partial charge in [-0.3, -0.25) is 19.0 Å². The van der Waals surface area contributed by atoms with Gasteiger partial charge in [-0.25, -0.2) is 4.98 Å². The number of nitrogens with one attached hydrogen (secondary N) is 3. The van der Waals surface area contributed by atoms with Crippen molar-refractivity contribution in [3.05, 3.63) is 65.9 Å². The molecule has 0 bridgehead atoms. The predicted molar refractivity (Wildman–Crippen MR) is 114 cm³/mol. The first-order chi connectivity index (χ1) is 15.0. The van der Waals surface area contributed by atoms with Gasteiger partial charge in [-0.1, -0.05) is 6.92 Å². The van der Waals surface area contributed by atoms with Gasteiger partial charge in [0.05, 0.1) is 0 Å². The van der Waals surface area contributed by atoms with Crippen molar-refractivity contribution < 1.29 is 14.4 Å². The third kappa shape index (κ3) is 5.72. The quantitative estimate of drug-likeness (QED) is 0.472. The van der Waals surface area contributed by atoms with E-state index in [0.717, 1.165) is 5.82 Å². The molecule has 10 nitrogen and oxygen atoms in total. The zero-order chi connectivity index (χ0) is 22.2. The van der Waals surface area contributed by atoms with E-state index in [1.54, 1.807) is 60.3 Å². The molecule has 31 heavy (non-hydrogen) atoms. The van der Waals surface area contributed by atoms with Crippen molar-refractivity contribution in [3.8, 4) is 5.82 Å². The molecule has 0 aliphatic heterocycles. The second kappa shape index (κ2) is 10.1. The highest BCUT2D eigenvalue weighted by Gasteiger charge is 2.10. The highest BCUT2D eigenvalue weighted by molar-refractivity contribution is 5.96. The summed E-state index contributed by atoms with van der Waals surface area (Å²) in [4.78, 5) is 39.9. The van der Waals surface area contributed by atoms with Crippen LogP contribution in [0.3, 0.4) is 0 Å². The third-order valence-corrected chi connectivity index (χ3v) is 4.40. The zero-order valence-corrected chi connectivity index (χ0v) is 17.3. The lowest BCUT2D eigenvalue weighted by molar-refractivity contribution is -0.115. The van der Waals surface area contributed by atoms with Gasteiger partial charge in [-0.05, 0) is 43.3 Å². The average molecular weight is 421 g/mol. The fraction of sp³-hybridized carbons (Fsp3) is 0.238. The lowest BCUT2D eigenvalue weighted by Gasteiger charge is -2.08. The van der Waals surface area contributed by atoms with Gasteiger partial charge in [0.1, 0.15) is 5.82 Å². The van der Waals surface area contributed by atoms with Gasteiger partial charge in [0.25, 0.3) is 11.8 Å². The number of imidazole rings is 1. The van der Waals surface area contributed by atoms with E-state index in [1.807, 2.05) is 6.92 Å². The zero-order valence-electron chi connectivity index (χ0n) is 17.3. The molecule has 0 radical (unpaired) electrons. The molecule has 0 unspecified atom stereocenters. The number of benzene rings is 1. The van der Waals surface area contributed by atoms with Crippen LogP contribution in [0.15, 0.2) is 48.8 Å². The lowest BCUT2D eigenvalue weighted by Crippen LogP contribution is -2.35. The molecule has 0 saturated carbocycles. The average Bonchev–Trinajstić information content (AvgIpc) is 3.22. The number of rotatable bonds is 8. The molecule has 10 heteroatoms. The van der Waals surface area contributed by atoms with Crippen LogP contribution >= 0.6 is 0 Å². The Morgan fingerprint density at radius 2 is 1.65 bits per heavy atom. The van der Waals surface area contributed by atoms with Crippen LogP contribution in [-0.2, 0) is 4.79 Å². The van der Waals surface area contributed by atoms with Crippen LogP contribution in [0.5, 0.6) is 0 Å². The summed E-state index contributed by atoms with van der Waals surface area (Å²) in [6.45, 7) is 4.09. The first kappa shape index (κ1) is 21.6. The van der Waals surface area contributed by atoms with Crippen LogP contribution in [0.4, 0.5) is 5.69 Å². The predicted octanol–water partition coefficient (Wildman–Crippen LogP) is 1.48. The summed E-state index contributed by atoms with van der Waals surface area (Å²) in [6, 6.07) is 9.84. The SMILES string of the molecule is CCC(=O)Nc1ccc(C(=O)NCCNC(=O)c2ccc(-n3ccnc3C)nn2)cc1. The molecule has 1 aromatic carbocycles. The number of hydrogen-bond acceptors (Lipinski definition) is 6. The Bertz CT molecular complexity index is 1060. The minimum absolute atomic E-state index is 0.0934. The van der Waals surface area contributed by atoms with E-state index in [0.29, 0.717) is 23.5 Å². The Morgan fingerprint density at radius 1 is 0.935 bits per heavy atom. The van der Waals surface area contributed by atoms with E-state index >= 15 is 0 Å². The summed E-state index contributed by atoms with van der Waals surface area (Å²) in [5.74, 6) is 0.583. The first-order valence-corrected chi connectivity index (χ1v) is 9.78. The van der Waals surface area contributed by atoms with Gasteiger partial charge < -0.3 is 16.0 Å².